The van der Waals surface area contributed by atoms with Crippen LogP contribution in [0.5, 0.6) is 0 Å². The van der Waals surface area contributed by atoms with Gasteiger partial charge in [-0.25, -0.2) is 4.79 Å². The first kappa shape index (κ1) is 38.8. The van der Waals surface area contributed by atoms with Crippen molar-refractivity contribution in [1.82, 2.24) is 9.80 Å². The molecule has 0 aliphatic rings. The van der Waals surface area contributed by atoms with Crippen LogP contribution in [0.25, 0.3) is 0 Å². The number of likely N-dealkylation sites (N-methyl/N-ethyl adjacent to an activating group) is 1. The Balaban J connectivity index is -0.000000886. The van der Waals surface area contributed by atoms with Crippen LogP contribution in [-0.4, -0.2) is 165 Å². The molecule has 0 aromatic heterocycles. The van der Waals surface area contributed by atoms with Crippen LogP contribution in [-0.2, 0) is 33.4 Å². The second kappa shape index (κ2) is 22.4. The molecule has 0 rings (SSSR count). The Morgan fingerprint density at radius 1 is 0.649 bits per heavy atom. The molecule has 0 aromatic rings. The summed E-state index contributed by atoms with van der Waals surface area (Å²) in [6, 6.07) is 0. The fraction of sp³-hybridized carbons (Fsp3) is 0.750. The molecular weight excluding hydrogens is 524 g/mol. The second-order valence-electron chi connectivity index (χ2n) is 8.40. The van der Waals surface area contributed by atoms with Crippen molar-refractivity contribution in [3.05, 3.63) is 0 Å². The molecule has 0 unspecified atom stereocenters. The molecule has 0 spiro atoms. The van der Waals surface area contributed by atoms with E-state index in [-0.39, 0.29) is 51.9 Å². The lowest BCUT2D eigenvalue weighted by atomic mass is 10.4. The molecule has 0 saturated heterocycles. The summed E-state index contributed by atoms with van der Waals surface area (Å²) in [4.78, 5) is 55.0. The maximum absolute atomic E-state index is 10.6. The van der Waals surface area contributed by atoms with E-state index in [1.54, 1.807) is 0 Å². The van der Waals surface area contributed by atoms with Gasteiger partial charge in [-0.05, 0) is 0 Å². The van der Waals surface area contributed by atoms with Crippen molar-refractivity contribution >= 4 is 30.0 Å². The van der Waals surface area contributed by atoms with Gasteiger partial charge >= 0.3 is 30.0 Å². The third-order valence-electron chi connectivity index (χ3n) is 3.92. The van der Waals surface area contributed by atoms with Crippen LogP contribution >= 0.6 is 0 Å². The number of rotatable bonds is 20. The summed E-state index contributed by atoms with van der Waals surface area (Å²) in [6.07, 6.45) is -0.701. The minimum absolute atomic E-state index is 0. The van der Waals surface area contributed by atoms with E-state index < -0.39 is 56.1 Å². The molecule has 0 aromatic carbocycles. The van der Waals surface area contributed by atoms with Crippen LogP contribution < -0.4 is 18.1 Å². The minimum atomic E-state index is -1.14. The predicted octanol–water partition coefficient (Wildman–Crippen LogP) is -5.25. The largest absolute Gasteiger partial charge is 1.00 e. The zero-order valence-corrected chi connectivity index (χ0v) is 22.1. The average molecular weight is 563 g/mol. The molecule has 0 fully saturated rings. The fourth-order valence-corrected chi connectivity index (χ4v) is 2.32. The Morgan fingerprint density at radius 2 is 0.973 bits per heavy atom. The maximum Gasteiger partial charge on any atom is 0.404 e. The topological polar surface area (TPSA) is 226 Å². The van der Waals surface area contributed by atoms with Gasteiger partial charge in [0.05, 0.1) is 73.7 Å². The van der Waals surface area contributed by atoms with Crippen LogP contribution in [0.1, 0.15) is 0 Å². The number of hydrogen-bond acceptors (Lipinski definition) is 10. The van der Waals surface area contributed by atoms with Crippen LogP contribution in [0.2, 0.25) is 0 Å². The molecule has 1 amide bonds. The average Bonchev–Trinajstić information content (AvgIpc) is 2.67. The highest BCUT2D eigenvalue weighted by Gasteiger charge is 2.14. The highest BCUT2D eigenvalue weighted by molar-refractivity contribution is 5.73. The maximum atomic E-state index is 10.6. The molecular formula is C20H39ClN4O12. The number of carbonyl (C=O) groups excluding carboxylic acids is 1. The van der Waals surface area contributed by atoms with Crippen molar-refractivity contribution in [3.8, 4) is 0 Å². The monoisotopic (exact) mass is 562 g/mol. The highest BCUT2D eigenvalue weighted by atomic mass is 35.5. The van der Waals surface area contributed by atoms with Gasteiger partial charge in [0.2, 0.25) is 0 Å². The van der Waals surface area contributed by atoms with Crippen molar-refractivity contribution in [2.24, 2.45) is 5.73 Å². The zero-order valence-electron chi connectivity index (χ0n) is 21.3. The van der Waals surface area contributed by atoms with Gasteiger partial charge in [-0.3, -0.25) is 29.0 Å². The fourth-order valence-electron chi connectivity index (χ4n) is 2.32. The number of carbonyl (C=O) groups is 5. The van der Waals surface area contributed by atoms with Gasteiger partial charge in [-0.15, -0.1) is 0 Å². The Kier molecular flexibility index (Phi) is 23.5. The highest BCUT2D eigenvalue weighted by Crippen LogP contribution is 1.92. The van der Waals surface area contributed by atoms with Crippen LogP contribution in [0.3, 0.4) is 0 Å². The number of hydrogen-bond donors (Lipinski definition) is 5. The number of quaternary nitrogens is 1. The summed E-state index contributed by atoms with van der Waals surface area (Å²) < 4.78 is 15.7. The van der Waals surface area contributed by atoms with Crippen molar-refractivity contribution in [2.45, 2.75) is 0 Å². The van der Waals surface area contributed by atoms with Crippen molar-refractivity contribution in [1.29, 1.82) is 0 Å². The first-order valence-electron chi connectivity index (χ1n) is 10.8. The molecule has 6 N–H and O–H groups in total. The van der Waals surface area contributed by atoms with Gasteiger partial charge < -0.3 is 57.3 Å². The van der Waals surface area contributed by atoms with E-state index in [1.165, 1.54) is 9.80 Å². The summed E-state index contributed by atoms with van der Waals surface area (Å²) in [5.41, 5.74) is 4.75. The Hall–Kier alpha value is -2.76. The third kappa shape index (κ3) is 33.2. The lowest BCUT2D eigenvalue weighted by Crippen LogP contribution is -3.00. The van der Waals surface area contributed by atoms with Gasteiger partial charge in [0.15, 0.2) is 0 Å². The van der Waals surface area contributed by atoms with Crippen LogP contribution in [0, 0.1) is 0 Å². The van der Waals surface area contributed by atoms with Crippen molar-refractivity contribution in [3.63, 3.8) is 0 Å². The van der Waals surface area contributed by atoms with Crippen molar-refractivity contribution in [2.75, 3.05) is 100.0 Å². The number of aliphatic carboxylic acids is 4. The summed E-state index contributed by atoms with van der Waals surface area (Å²) in [6.45, 7) is 0.378. The molecule has 0 aliphatic heterocycles. The summed E-state index contributed by atoms with van der Waals surface area (Å²) in [5, 5.41) is 34.7. The molecule has 0 saturated carbocycles. The van der Waals surface area contributed by atoms with E-state index >= 15 is 0 Å². The number of primary amides is 1. The van der Waals surface area contributed by atoms with E-state index in [2.05, 4.69) is 4.74 Å². The van der Waals surface area contributed by atoms with E-state index in [1.807, 2.05) is 21.1 Å². The molecule has 17 heteroatoms. The number of amides is 1. The van der Waals surface area contributed by atoms with Crippen LogP contribution in [0.15, 0.2) is 0 Å². The molecule has 0 radical (unpaired) electrons. The SMILES string of the molecule is C[N+](C)(C)CCOC(N)=O.O=C(O)CN(CCOCCOCCN(CC(=O)O)CC(=O)O)CC(=O)O.[Cl-]. The predicted molar refractivity (Wildman–Crippen MR) is 123 cm³/mol. The van der Waals surface area contributed by atoms with E-state index in [0.717, 1.165) is 11.0 Å². The molecule has 0 aliphatic carbocycles. The minimum Gasteiger partial charge on any atom is -1.00 e. The molecule has 0 heterocycles. The first-order valence-corrected chi connectivity index (χ1v) is 10.8. The Morgan fingerprint density at radius 3 is 1.22 bits per heavy atom. The number of nitrogens with zero attached hydrogens (tertiary/aromatic N) is 3. The van der Waals surface area contributed by atoms with Gasteiger partial charge in [-0.1, -0.05) is 0 Å². The lowest BCUT2D eigenvalue weighted by molar-refractivity contribution is -0.870. The number of carboxylic acid groups (broad SMARTS) is 4. The molecule has 0 bridgehead atoms. The second-order valence-corrected chi connectivity index (χ2v) is 8.40. The van der Waals surface area contributed by atoms with Gasteiger partial charge in [0.25, 0.3) is 0 Å². The number of nitrogens with two attached hydrogens (primary N) is 1. The lowest BCUT2D eigenvalue weighted by Gasteiger charge is -2.22. The standard InChI is InChI=1S/C14H24N2O10.C6H14N2O2.ClH/c17-11(18)7-15(8-12(19)20)1-3-25-5-6-26-4-2-16(9-13(21)22)10-14(23)24;1-8(2,3)4-5-10-6(7)9;/h1-10H2,(H,17,18)(H,19,20)(H,21,22)(H,23,24);4-5H2,1-3H3,(H-,7,9);1H. The Bertz CT molecular complexity index is 617. The smallest absolute Gasteiger partial charge is 0.404 e. The van der Waals surface area contributed by atoms with Crippen LogP contribution in [0.4, 0.5) is 4.79 Å². The van der Waals surface area contributed by atoms with E-state index in [9.17, 15) is 24.0 Å². The number of ether oxygens (including phenoxy) is 3. The summed E-state index contributed by atoms with van der Waals surface area (Å²) in [5.74, 6) is -4.55. The number of halogens is 1. The van der Waals surface area contributed by atoms with Gasteiger partial charge in [0.1, 0.15) is 13.2 Å². The van der Waals surface area contributed by atoms with E-state index in [4.69, 9.17) is 35.6 Å². The van der Waals surface area contributed by atoms with Crippen molar-refractivity contribution < 1.29 is 75.5 Å². The Labute approximate surface area is 221 Å². The van der Waals surface area contributed by atoms with E-state index in [0.29, 0.717) is 6.61 Å². The molecule has 0 atom stereocenters. The third-order valence-corrected chi connectivity index (χ3v) is 3.92. The first-order chi connectivity index (χ1) is 16.6. The quantitative estimate of drug-likeness (QED) is 0.0690. The molecule has 37 heavy (non-hydrogen) atoms. The summed E-state index contributed by atoms with van der Waals surface area (Å²) in [7, 11) is 6.05. The number of carboxylic acids is 4. The zero-order chi connectivity index (χ0) is 28.1. The van der Waals surface area contributed by atoms with Gasteiger partial charge in [0, 0.05) is 13.1 Å². The van der Waals surface area contributed by atoms with Gasteiger partial charge in [-0.2, -0.15) is 0 Å². The normalized spacial score (nSPS) is 10.7. The molecule has 16 nitrogen and oxygen atoms in total. The summed E-state index contributed by atoms with van der Waals surface area (Å²) >= 11 is 0. The molecule has 218 valence electrons.